The van der Waals surface area contributed by atoms with Crippen molar-refractivity contribution >= 4 is 109 Å². The number of rotatable bonds is 4. The maximum atomic E-state index is 4.94. The molecule has 0 N–H and O–H groups in total. The monoisotopic (exact) mass is 1360 g/mol. The van der Waals surface area contributed by atoms with E-state index < -0.39 is 0 Å². The van der Waals surface area contributed by atoms with Gasteiger partial charge in [0, 0.05) is 128 Å². The molecule has 0 aliphatic carbocycles. The van der Waals surface area contributed by atoms with E-state index in [0.29, 0.717) is 11.8 Å². The summed E-state index contributed by atoms with van der Waals surface area (Å²) in [6.07, 6.45) is 1.83. The van der Waals surface area contributed by atoms with E-state index in [1.54, 1.807) is 0 Å². The summed E-state index contributed by atoms with van der Waals surface area (Å²) in [7, 11) is 0. The van der Waals surface area contributed by atoms with E-state index in [0.717, 1.165) is 160 Å². The average molecular weight is 1360 g/mol. The molecule has 0 atom stereocenters. The Morgan fingerprint density at radius 2 is 0.519 bits per heavy atom. The molecule has 0 amide bonds. The van der Waals surface area contributed by atoms with Gasteiger partial charge < -0.3 is 0 Å². The van der Waals surface area contributed by atoms with E-state index in [-0.39, 0.29) is 16.2 Å². The summed E-state index contributed by atoms with van der Waals surface area (Å²) in [6, 6.07) is 80.3. The Labute approximate surface area is 611 Å². The number of benzene rings is 7. The Bertz CT molecular complexity index is 5740. The van der Waals surface area contributed by atoms with Crippen LogP contribution in [0.4, 0.5) is 0 Å². The van der Waals surface area contributed by atoms with Gasteiger partial charge in [-0.1, -0.05) is 260 Å². The molecule has 0 aliphatic heterocycles. The second kappa shape index (κ2) is 29.2. The lowest BCUT2D eigenvalue weighted by Crippen LogP contribution is -2.14. The summed E-state index contributed by atoms with van der Waals surface area (Å²) in [4.78, 5) is 47.8. The largest absolute Gasteiger partial charge is 0.254 e. The van der Waals surface area contributed by atoms with Crippen molar-refractivity contribution in [2.45, 2.75) is 146 Å². The maximum Gasteiger partial charge on any atom is 0.0974 e. The van der Waals surface area contributed by atoms with Gasteiger partial charge in [0.2, 0.25) is 0 Å². The third-order valence-electron chi connectivity index (χ3n) is 19.0. The Morgan fingerprint density at radius 3 is 0.856 bits per heavy atom. The normalized spacial score (nSPS) is 11.9. The van der Waals surface area contributed by atoms with Gasteiger partial charge in [0.05, 0.1) is 55.2 Å². The van der Waals surface area contributed by atoms with Crippen LogP contribution in [0.2, 0.25) is 0 Å². The summed E-state index contributed by atoms with van der Waals surface area (Å²) in [5, 5.41) is 11.5. The molecule has 0 spiro atoms. The van der Waals surface area contributed by atoms with E-state index in [2.05, 4.69) is 319 Å². The van der Waals surface area contributed by atoms with Crippen LogP contribution in [0.5, 0.6) is 0 Å². The number of aryl methyl sites for hydroxylation is 4. The predicted molar refractivity (Wildman–Crippen MR) is 439 cm³/mol. The summed E-state index contributed by atoms with van der Waals surface area (Å²) < 4.78 is 0. The average Bonchev–Trinajstić information content (AvgIpc) is 0.746. The molecule has 0 aliphatic rings. The van der Waals surface area contributed by atoms with Crippen LogP contribution in [0, 0.1) is 27.7 Å². The highest BCUT2D eigenvalue weighted by Crippen LogP contribution is 2.38. The minimum absolute atomic E-state index is 0.0397. The fourth-order valence-electron chi connectivity index (χ4n) is 13.1. The third kappa shape index (κ3) is 15.4. The standard InChI is InChI=1S/C26H20N2.C20H24N2.C18H20N2.C16H16N2.C14H12N2/c1-17-15-23(19-9-5-3-6-10-19)21-13-14-22-24(20-11-7-4-8-12-20)16-18(2)28-26(22)25(21)27-17;1-19(2,3)15-11-9-13-7-8-14-10-12-16(20(4,5)6)22-18(14)17(13)21-15;1-11(2)15-9-7-13-5-6-14-8-10-16(12(3)4)20-18(14)17(13)19-15;1-16(2,3)13-9-8-12-7-6-11-5-4-10-17-14(11)15(12)18-13;1-9-3-5-11-7-8-12-6-4-10(2)16-14(12)13(11)15-9/h3-16H,1-2H3;7-12H,1-6H3;5-12H,1-4H3;4-10H,1-3H3;3-8H,1-2H3. The first kappa shape index (κ1) is 71.1. The Hall–Kier alpha value is -11.4. The molecular formula is C94H92N10. The molecular weight excluding hydrogens is 1270 g/mol. The molecule has 0 unspecified atom stereocenters. The lowest BCUT2D eigenvalue weighted by Gasteiger charge is -2.20. The van der Waals surface area contributed by atoms with Gasteiger partial charge in [-0.15, -0.1) is 0 Å². The van der Waals surface area contributed by atoms with Gasteiger partial charge in [-0.2, -0.15) is 0 Å². The first-order valence-electron chi connectivity index (χ1n) is 36.3. The topological polar surface area (TPSA) is 129 Å². The van der Waals surface area contributed by atoms with Gasteiger partial charge >= 0.3 is 0 Å². The summed E-state index contributed by atoms with van der Waals surface area (Å²) in [6.45, 7) is 36.5. The first-order valence-corrected chi connectivity index (χ1v) is 36.3. The molecule has 10 aromatic heterocycles. The Kier molecular flexibility index (Phi) is 19.9. The molecule has 0 saturated carbocycles. The van der Waals surface area contributed by atoms with Gasteiger partial charge in [-0.25, -0.2) is 15.0 Å². The van der Waals surface area contributed by atoms with Gasteiger partial charge in [0.1, 0.15) is 0 Å². The number of hydrogen-bond acceptors (Lipinski definition) is 10. The lowest BCUT2D eigenvalue weighted by atomic mass is 9.90. The molecule has 0 bridgehead atoms. The molecule has 0 fully saturated rings. The minimum Gasteiger partial charge on any atom is -0.254 e. The van der Waals surface area contributed by atoms with Crippen molar-refractivity contribution in [2.75, 3.05) is 0 Å². The molecule has 0 radical (unpaired) electrons. The predicted octanol–water partition coefficient (Wildman–Crippen LogP) is 24.6. The number of hydrogen-bond donors (Lipinski definition) is 0. The molecule has 10 heterocycles. The van der Waals surface area contributed by atoms with E-state index in [9.17, 15) is 0 Å². The van der Waals surface area contributed by atoms with Crippen molar-refractivity contribution in [2.24, 2.45) is 0 Å². The zero-order valence-electron chi connectivity index (χ0n) is 63.1. The molecule has 10 heteroatoms. The van der Waals surface area contributed by atoms with Crippen LogP contribution in [0.3, 0.4) is 0 Å². The Balaban J connectivity index is 0.000000117. The smallest absolute Gasteiger partial charge is 0.0974 e. The van der Waals surface area contributed by atoms with E-state index >= 15 is 0 Å². The number of aromatic nitrogens is 10. The van der Waals surface area contributed by atoms with Crippen LogP contribution < -0.4 is 0 Å². The molecule has 0 saturated heterocycles. The number of nitrogens with zero attached hydrogens (tertiary/aromatic N) is 10. The SMILES string of the molecule is CC(C)(C)c1ccc2ccc3ccc(C(C)(C)C)nc3c2n1.CC(C)(C)c1ccc2ccc3cccnc3c2n1.CC(C)c1ccc2ccc3ccc(C(C)C)nc3c2n1.Cc1cc(-c2ccccc2)c2ccc3c(-c4ccccc4)cc(C)nc3c2n1.Cc1ccc2ccc3ccc(C)nc3c2n1. The molecule has 104 heavy (non-hydrogen) atoms. The van der Waals surface area contributed by atoms with Crippen molar-refractivity contribution in [3.8, 4) is 22.3 Å². The highest BCUT2D eigenvalue weighted by Gasteiger charge is 2.21. The van der Waals surface area contributed by atoms with Crippen LogP contribution in [-0.4, -0.2) is 49.8 Å². The molecule has 17 aromatic rings. The van der Waals surface area contributed by atoms with Crippen molar-refractivity contribution in [3.05, 3.63) is 288 Å². The van der Waals surface area contributed by atoms with Crippen molar-refractivity contribution in [1.82, 2.24) is 49.8 Å². The zero-order chi connectivity index (χ0) is 73.4. The van der Waals surface area contributed by atoms with Crippen LogP contribution >= 0.6 is 0 Å². The maximum absolute atomic E-state index is 4.94. The van der Waals surface area contributed by atoms with Crippen molar-refractivity contribution in [3.63, 3.8) is 0 Å². The van der Waals surface area contributed by atoms with E-state index in [1.807, 2.05) is 50.4 Å². The molecule has 7 aromatic carbocycles. The highest BCUT2D eigenvalue weighted by atomic mass is 14.8. The fourth-order valence-corrected chi connectivity index (χ4v) is 13.1. The Morgan fingerprint density at radius 1 is 0.240 bits per heavy atom. The van der Waals surface area contributed by atoms with E-state index in [1.165, 1.54) is 22.3 Å². The zero-order valence-corrected chi connectivity index (χ0v) is 63.1. The van der Waals surface area contributed by atoms with Gasteiger partial charge in [0.15, 0.2) is 0 Å². The molecule has 10 nitrogen and oxygen atoms in total. The summed E-state index contributed by atoms with van der Waals surface area (Å²) in [5.74, 6) is 0.867. The minimum atomic E-state index is 0.0397. The first-order chi connectivity index (χ1) is 49.7. The van der Waals surface area contributed by atoms with Crippen LogP contribution in [-0.2, 0) is 16.2 Å². The lowest BCUT2D eigenvalue weighted by molar-refractivity contribution is 0.570. The highest BCUT2D eigenvalue weighted by molar-refractivity contribution is 6.12. The van der Waals surface area contributed by atoms with Crippen LogP contribution in [0.1, 0.15) is 153 Å². The molecule has 17 rings (SSSR count). The second-order valence-corrected chi connectivity index (χ2v) is 31.1. The summed E-state index contributed by atoms with van der Waals surface area (Å²) in [5.41, 5.74) is 24.6. The third-order valence-corrected chi connectivity index (χ3v) is 19.0. The fraction of sp³-hybridized carbons (Fsp3) is 0.234. The van der Waals surface area contributed by atoms with Crippen molar-refractivity contribution in [1.29, 1.82) is 0 Å². The van der Waals surface area contributed by atoms with E-state index in [4.69, 9.17) is 34.9 Å². The van der Waals surface area contributed by atoms with Crippen LogP contribution in [0.15, 0.2) is 237 Å². The number of fused-ring (bicyclic) bond motifs is 15. The molecule has 518 valence electrons. The van der Waals surface area contributed by atoms with Crippen LogP contribution in [0.25, 0.3) is 131 Å². The van der Waals surface area contributed by atoms with Gasteiger partial charge in [-0.3, -0.25) is 34.9 Å². The second-order valence-electron chi connectivity index (χ2n) is 31.1. The van der Waals surface area contributed by atoms with Gasteiger partial charge in [-0.05, 0) is 122 Å². The number of pyridine rings is 10. The summed E-state index contributed by atoms with van der Waals surface area (Å²) >= 11 is 0. The van der Waals surface area contributed by atoms with Gasteiger partial charge in [0.25, 0.3) is 0 Å². The quantitative estimate of drug-likeness (QED) is 0.157. The van der Waals surface area contributed by atoms with Crippen molar-refractivity contribution < 1.29 is 0 Å².